The van der Waals surface area contributed by atoms with E-state index in [2.05, 4.69) is 15.9 Å². The van der Waals surface area contributed by atoms with Crippen molar-refractivity contribution >= 4 is 26.0 Å². The molecular formula is C15H15BrFNO2S. The summed E-state index contributed by atoms with van der Waals surface area (Å²) < 4.78 is 39.7. The number of rotatable bonds is 4. The minimum absolute atomic E-state index is 0.0555. The highest BCUT2D eigenvalue weighted by molar-refractivity contribution is 9.10. The first-order chi connectivity index (χ1) is 9.82. The van der Waals surface area contributed by atoms with Gasteiger partial charge in [-0.3, -0.25) is 0 Å². The second-order valence-corrected chi connectivity index (χ2v) is 7.63. The van der Waals surface area contributed by atoms with E-state index < -0.39 is 15.8 Å². The molecule has 2 rings (SSSR count). The highest BCUT2D eigenvalue weighted by atomic mass is 79.9. The summed E-state index contributed by atoms with van der Waals surface area (Å²) in [6.45, 7) is 2.20. The molecule has 0 radical (unpaired) electrons. The third-order valence-corrected chi connectivity index (χ3v) is 6.02. The highest BCUT2D eigenvalue weighted by Crippen LogP contribution is 2.26. The quantitative estimate of drug-likeness (QED) is 0.821. The van der Waals surface area contributed by atoms with Gasteiger partial charge in [0, 0.05) is 18.1 Å². The number of aryl methyl sites for hydroxylation is 1. The van der Waals surface area contributed by atoms with Crippen molar-refractivity contribution in [3.63, 3.8) is 0 Å². The van der Waals surface area contributed by atoms with Gasteiger partial charge >= 0.3 is 0 Å². The van der Waals surface area contributed by atoms with Crippen molar-refractivity contribution in [3.05, 3.63) is 63.9 Å². The maximum atomic E-state index is 13.1. The Morgan fingerprint density at radius 2 is 1.86 bits per heavy atom. The van der Waals surface area contributed by atoms with Crippen LogP contribution in [0.4, 0.5) is 4.39 Å². The fraction of sp³-hybridized carbons (Fsp3) is 0.200. The van der Waals surface area contributed by atoms with Gasteiger partial charge in [0.25, 0.3) is 0 Å². The normalized spacial score (nSPS) is 11.9. The number of benzene rings is 2. The number of hydrogen-bond acceptors (Lipinski definition) is 2. The van der Waals surface area contributed by atoms with Gasteiger partial charge in [-0.25, -0.2) is 12.8 Å². The molecule has 0 bridgehead atoms. The lowest BCUT2D eigenvalue weighted by atomic mass is 10.1. The lowest BCUT2D eigenvalue weighted by Gasteiger charge is -2.19. The Morgan fingerprint density at radius 3 is 2.48 bits per heavy atom. The molecule has 0 aromatic heterocycles. The Morgan fingerprint density at radius 1 is 1.19 bits per heavy atom. The first kappa shape index (κ1) is 16.1. The molecule has 0 aliphatic carbocycles. The number of halogens is 2. The first-order valence-corrected chi connectivity index (χ1v) is 8.51. The molecule has 2 aromatic rings. The van der Waals surface area contributed by atoms with Crippen LogP contribution in [-0.2, 0) is 16.6 Å². The van der Waals surface area contributed by atoms with E-state index in [-0.39, 0.29) is 15.9 Å². The molecule has 0 N–H and O–H groups in total. The molecule has 21 heavy (non-hydrogen) atoms. The van der Waals surface area contributed by atoms with Gasteiger partial charge in [0.1, 0.15) is 5.82 Å². The molecular weight excluding hydrogens is 357 g/mol. The first-order valence-electron chi connectivity index (χ1n) is 6.28. The van der Waals surface area contributed by atoms with Crippen molar-refractivity contribution < 1.29 is 12.8 Å². The van der Waals surface area contributed by atoms with Crippen LogP contribution in [0.2, 0.25) is 0 Å². The van der Waals surface area contributed by atoms with E-state index >= 15 is 0 Å². The van der Waals surface area contributed by atoms with Crippen LogP contribution in [0.15, 0.2) is 51.8 Å². The molecule has 0 saturated carbocycles. The minimum Gasteiger partial charge on any atom is -0.207 e. The van der Waals surface area contributed by atoms with Gasteiger partial charge < -0.3 is 0 Å². The average Bonchev–Trinajstić information content (AvgIpc) is 2.40. The van der Waals surface area contributed by atoms with Crippen molar-refractivity contribution in [2.75, 3.05) is 7.05 Å². The van der Waals surface area contributed by atoms with Crippen molar-refractivity contribution in [3.8, 4) is 0 Å². The van der Waals surface area contributed by atoms with E-state index in [9.17, 15) is 12.8 Å². The van der Waals surface area contributed by atoms with E-state index in [0.29, 0.717) is 0 Å². The van der Waals surface area contributed by atoms with E-state index in [1.165, 1.54) is 17.4 Å². The molecule has 0 fully saturated rings. The molecule has 112 valence electrons. The number of nitrogens with zero attached hydrogens (tertiary/aromatic N) is 1. The Kier molecular flexibility index (Phi) is 4.81. The highest BCUT2D eigenvalue weighted by Gasteiger charge is 2.24. The summed E-state index contributed by atoms with van der Waals surface area (Å²) in [6.07, 6.45) is 0. The topological polar surface area (TPSA) is 37.4 Å². The zero-order chi connectivity index (χ0) is 15.6. The van der Waals surface area contributed by atoms with Crippen LogP contribution in [0.3, 0.4) is 0 Å². The SMILES string of the molecule is Cc1ccccc1CN(C)S(=O)(=O)c1ccc(F)cc1Br. The summed E-state index contributed by atoms with van der Waals surface area (Å²) in [5, 5.41) is 0. The molecule has 0 amide bonds. The predicted molar refractivity (Wildman–Crippen MR) is 83.9 cm³/mol. The average molecular weight is 372 g/mol. The van der Waals surface area contributed by atoms with Gasteiger partial charge in [0.05, 0.1) is 4.90 Å². The smallest absolute Gasteiger partial charge is 0.207 e. The molecule has 0 aliphatic rings. The third-order valence-electron chi connectivity index (χ3n) is 3.24. The summed E-state index contributed by atoms with van der Waals surface area (Å²) in [5.74, 6) is -0.484. The predicted octanol–water partition coefficient (Wildman–Crippen LogP) is 3.72. The van der Waals surface area contributed by atoms with Crippen LogP contribution in [0.25, 0.3) is 0 Å². The molecule has 0 atom stereocenters. The standard InChI is InChI=1S/C15H15BrFNO2S/c1-11-5-3-4-6-12(11)10-18(2)21(19,20)15-8-7-13(17)9-14(15)16/h3-9H,10H2,1-2H3. The second kappa shape index (κ2) is 6.25. The minimum atomic E-state index is -3.68. The molecule has 0 heterocycles. The summed E-state index contributed by atoms with van der Waals surface area (Å²) in [4.78, 5) is 0.0555. The van der Waals surface area contributed by atoms with Crippen molar-refractivity contribution in [1.29, 1.82) is 0 Å². The zero-order valence-electron chi connectivity index (χ0n) is 11.7. The van der Waals surface area contributed by atoms with Gasteiger partial charge in [-0.05, 0) is 52.2 Å². The van der Waals surface area contributed by atoms with Crippen molar-refractivity contribution in [2.24, 2.45) is 0 Å². The third kappa shape index (κ3) is 3.51. The Labute approximate surface area is 132 Å². The van der Waals surface area contributed by atoms with E-state index in [4.69, 9.17) is 0 Å². The molecule has 2 aromatic carbocycles. The van der Waals surface area contributed by atoms with Crippen molar-refractivity contribution in [1.82, 2.24) is 4.31 Å². The van der Waals surface area contributed by atoms with E-state index in [1.807, 2.05) is 31.2 Å². The fourth-order valence-electron chi connectivity index (χ4n) is 1.96. The Bertz CT molecular complexity index is 762. The van der Waals surface area contributed by atoms with Crippen LogP contribution in [-0.4, -0.2) is 19.8 Å². The molecule has 0 saturated heterocycles. The molecule has 3 nitrogen and oxygen atoms in total. The summed E-state index contributed by atoms with van der Waals surface area (Å²) in [5.41, 5.74) is 1.96. The van der Waals surface area contributed by atoms with Crippen LogP contribution in [0.1, 0.15) is 11.1 Å². The van der Waals surface area contributed by atoms with E-state index in [1.54, 1.807) is 0 Å². The van der Waals surface area contributed by atoms with Crippen LogP contribution < -0.4 is 0 Å². The van der Waals surface area contributed by atoms with Gasteiger partial charge in [0.15, 0.2) is 0 Å². The van der Waals surface area contributed by atoms with Gasteiger partial charge in [-0.2, -0.15) is 4.31 Å². The number of sulfonamides is 1. The van der Waals surface area contributed by atoms with Gasteiger partial charge in [-0.15, -0.1) is 0 Å². The van der Waals surface area contributed by atoms with Crippen molar-refractivity contribution in [2.45, 2.75) is 18.4 Å². The summed E-state index contributed by atoms with van der Waals surface area (Å²) in [6, 6.07) is 11.2. The largest absolute Gasteiger partial charge is 0.244 e. The maximum Gasteiger partial charge on any atom is 0.244 e. The lowest BCUT2D eigenvalue weighted by Crippen LogP contribution is -2.27. The lowest BCUT2D eigenvalue weighted by molar-refractivity contribution is 0.465. The summed E-state index contributed by atoms with van der Waals surface area (Å²) in [7, 11) is -2.17. The Balaban J connectivity index is 2.33. The van der Waals surface area contributed by atoms with Crippen LogP contribution >= 0.6 is 15.9 Å². The van der Waals surface area contributed by atoms with Gasteiger partial charge in [-0.1, -0.05) is 24.3 Å². The molecule has 6 heteroatoms. The molecule has 0 spiro atoms. The van der Waals surface area contributed by atoms with Crippen LogP contribution in [0, 0.1) is 12.7 Å². The zero-order valence-corrected chi connectivity index (χ0v) is 14.1. The van der Waals surface area contributed by atoms with E-state index in [0.717, 1.165) is 23.3 Å². The van der Waals surface area contributed by atoms with Gasteiger partial charge in [0.2, 0.25) is 10.0 Å². The Hall–Kier alpha value is -1.24. The fourth-order valence-corrected chi connectivity index (χ4v) is 4.12. The van der Waals surface area contributed by atoms with Crippen LogP contribution in [0.5, 0.6) is 0 Å². The molecule has 0 unspecified atom stereocenters. The molecule has 0 aliphatic heterocycles. The second-order valence-electron chi connectivity index (χ2n) is 4.76. The number of hydrogen-bond donors (Lipinski definition) is 0. The summed E-state index contributed by atoms with van der Waals surface area (Å²) >= 11 is 3.11. The maximum absolute atomic E-state index is 13.1. The monoisotopic (exact) mass is 371 g/mol.